The number of urea groups is 1. The van der Waals surface area contributed by atoms with Gasteiger partial charge < -0.3 is 15.3 Å². The Kier molecular flexibility index (Phi) is 5.75. The standard InChI is InChI=1S/C14H24N4O3/c1-11(10-17-8-5-7-15-17)16-13(21)18(14(2,3)4)9-6-12(19)20/h5,7-8,11H,6,9-10H2,1-4H3,(H,16,21)(H,19,20). The predicted octanol–water partition coefficient (Wildman–Crippen LogP) is 1.56. The molecule has 7 nitrogen and oxygen atoms in total. The second-order valence-electron chi connectivity index (χ2n) is 6.04. The van der Waals surface area contributed by atoms with Gasteiger partial charge in [0.15, 0.2) is 0 Å². The molecule has 0 aliphatic carbocycles. The lowest BCUT2D eigenvalue weighted by Gasteiger charge is -2.36. The maximum Gasteiger partial charge on any atom is 0.318 e. The van der Waals surface area contributed by atoms with Crippen LogP contribution in [0.15, 0.2) is 18.5 Å². The van der Waals surface area contributed by atoms with Crippen LogP contribution in [0.5, 0.6) is 0 Å². The zero-order chi connectivity index (χ0) is 16.0. The van der Waals surface area contributed by atoms with Crippen molar-refractivity contribution in [3.8, 4) is 0 Å². The van der Waals surface area contributed by atoms with E-state index in [1.54, 1.807) is 15.8 Å². The zero-order valence-corrected chi connectivity index (χ0v) is 13.0. The summed E-state index contributed by atoms with van der Waals surface area (Å²) >= 11 is 0. The first-order valence-corrected chi connectivity index (χ1v) is 6.97. The van der Waals surface area contributed by atoms with E-state index < -0.39 is 11.5 Å². The van der Waals surface area contributed by atoms with Crippen molar-refractivity contribution >= 4 is 12.0 Å². The average molecular weight is 296 g/mol. The molecule has 1 unspecified atom stereocenters. The van der Waals surface area contributed by atoms with E-state index >= 15 is 0 Å². The summed E-state index contributed by atoms with van der Waals surface area (Å²) in [5, 5.41) is 15.8. The van der Waals surface area contributed by atoms with Crippen LogP contribution in [0.25, 0.3) is 0 Å². The highest BCUT2D eigenvalue weighted by Crippen LogP contribution is 2.14. The summed E-state index contributed by atoms with van der Waals surface area (Å²) in [6.07, 6.45) is 3.44. The molecular formula is C14H24N4O3. The third-order valence-corrected chi connectivity index (χ3v) is 2.99. The first kappa shape index (κ1) is 17.0. The molecule has 0 aliphatic rings. The molecule has 2 amide bonds. The van der Waals surface area contributed by atoms with Gasteiger partial charge >= 0.3 is 12.0 Å². The van der Waals surface area contributed by atoms with Crippen LogP contribution in [0, 0.1) is 0 Å². The fourth-order valence-electron chi connectivity index (χ4n) is 1.97. The van der Waals surface area contributed by atoms with Crippen molar-refractivity contribution in [3.63, 3.8) is 0 Å². The van der Waals surface area contributed by atoms with Crippen LogP contribution in [0.2, 0.25) is 0 Å². The number of aliphatic carboxylic acids is 1. The molecule has 0 spiro atoms. The molecule has 0 bridgehead atoms. The minimum absolute atomic E-state index is 0.0712. The van der Waals surface area contributed by atoms with Crippen LogP contribution in [0.1, 0.15) is 34.1 Å². The molecule has 1 rings (SSSR count). The van der Waals surface area contributed by atoms with Crippen molar-refractivity contribution in [3.05, 3.63) is 18.5 Å². The minimum Gasteiger partial charge on any atom is -0.481 e. The van der Waals surface area contributed by atoms with E-state index in [1.165, 1.54) is 0 Å². The van der Waals surface area contributed by atoms with Crippen LogP contribution in [0.4, 0.5) is 4.79 Å². The maximum absolute atomic E-state index is 12.3. The first-order valence-electron chi connectivity index (χ1n) is 6.97. The van der Waals surface area contributed by atoms with E-state index in [2.05, 4.69) is 10.4 Å². The molecule has 0 aliphatic heterocycles. The van der Waals surface area contributed by atoms with Crippen LogP contribution >= 0.6 is 0 Å². The Morgan fingerprint density at radius 3 is 2.57 bits per heavy atom. The Hall–Kier alpha value is -2.05. The molecule has 0 saturated carbocycles. The third-order valence-electron chi connectivity index (χ3n) is 2.99. The Labute approximate surface area is 124 Å². The van der Waals surface area contributed by atoms with Gasteiger partial charge in [-0.25, -0.2) is 4.79 Å². The largest absolute Gasteiger partial charge is 0.481 e. The molecule has 0 saturated heterocycles. The number of nitrogens with one attached hydrogen (secondary N) is 1. The summed E-state index contributed by atoms with van der Waals surface area (Å²) < 4.78 is 1.74. The number of carbonyl (C=O) groups is 2. The van der Waals surface area contributed by atoms with Crippen molar-refractivity contribution in [2.24, 2.45) is 0 Å². The van der Waals surface area contributed by atoms with Gasteiger partial charge in [-0.2, -0.15) is 5.10 Å². The quantitative estimate of drug-likeness (QED) is 0.834. The molecule has 118 valence electrons. The van der Waals surface area contributed by atoms with Gasteiger partial charge in [0.25, 0.3) is 0 Å². The first-order chi connectivity index (χ1) is 9.70. The van der Waals surface area contributed by atoms with Crippen LogP contribution in [-0.2, 0) is 11.3 Å². The Morgan fingerprint density at radius 1 is 1.43 bits per heavy atom. The third kappa shape index (κ3) is 5.85. The Bertz CT molecular complexity index is 465. The van der Waals surface area contributed by atoms with Gasteiger partial charge in [0.1, 0.15) is 0 Å². The van der Waals surface area contributed by atoms with E-state index in [0.29, 0.717) is 6.54 Å². The molecule has 0 radical (unpaired) electrons. The fourth-order valence-corrected chi connectivity index (χ4v) is 1.97. The molecular weight excluding hydrogens is 272 g/mol. The number of aromatic nitrogens is 2. The van der Waals surface area contributed by atoms with Gasteiger partial charge in [-0.3, -0.25) is 9.48 Å². The number of rotatable bonds is 6. The molecule has 1 aromatic rings. The van der Waals surface area contributed by atoms with Crippen molar-refractivity contribution in [2.75, 3.05) is 6.54 Å². The van der Waals surface area contributed by atoms with Crippen LogP contribution in [0.3, 0.4) is 0 Å². The molecule has 0 aromatic carbocycles. The summed E-state index contributed by atoms with van der Waals surface area (Å²) in [5.74, 6) is -0.915. The summed E-state index contributed by atoms with van der Waals surface area (Å²) in [4.78, 5) is 24.6. The van der Waals surface area contributed by atoms with E-state index in [1.807, 2.05) is 40.0 Å². The van der Waals surface area contributed by atoms with Crippen molar-refractivity contribution in [1.29, 1.82) is 0 Å². The van der Waals surface area contributed by atoms with E-state index in [0.717, 1.165) is 0 Å². The van der Waals surface area contributed by atoms with Gasteiger partial charge in [0.05, 0.1) is 13.0 Å². The monoisotopic (exact) mass is 296 g/mol. The zero-order valence-electron chi connectivity index (χ0n) is 13.0. The average Bonchev–Trinajstić information content (AvgIpc) is 2.79. The summed E-state index contributed by atoms with van der Waals surface area (Å²) in [7, 11) is 0. The highest BCUT2D eigenvalue weighted by atomic mass is 16.4. The van der Waals surface area contributed by atoms with E-state index in [4.69, 9.17) is 5.11 Å². The summed E-state index contributed by atoms with van der Waals surface area (Å²) in [6, 6.07) is 1.46. The van der Waals surface area contributed by atoms with Gasteiger partial charge in [0.2, 0.25) is 0 Å². The molecule has 2 N–H and O–H groups in total. The lowest BCUT2D eigenvalue weighted by molar-refractivity contribution is -0.137. The number of hydrogen-bond donors (Lipinski definition) is 2. The number of amides is 2. The topological polar surface area (TPSA) is 87.5 Å². The predicted molar refractivity (Wildman–Crippen MR) is 78.9 cm³/mol. The Morgan fingerprint density at radius 2 is 2.10 bits per heavy atom. The smallest absolute Gasteiger partial charge is 0.318 e. The summed E-state index contributed by atoms with van der Waals surface area (Å²) in [6.45, 7) is 8.28. The molecule has 0 fully saturated rings. The SMILES string of the molecule is CC(Cn1cccn1)NC(=O)N(CCC(=O)O)C(C)(C)C. The van der Waals surface area contributed by atoms with Crippen LogP contribution in [-0.4, -0.2) is 49.9 Å². The van der Waals surface area contributed by atoms with Crippen molar-refractivity contribution in [2.45, 2.75) is 52.2 Å². The van der Waals surface area contributed by atoms with Crippen molar-refractivity contribution < 1.29 is 14.7 Å². The molecule has 1 atom stereocenters. The second kappa shape index (κ2) is 7.10. The Balaban J connectivity index is 2.60. The normalized spacial score (nSPS) is 12.8. The summed E-state index contributed by atoms with van der Waals surface area (Å²) in [5.41, 5.74) is -0.440. The van der Waals surface area contributed by atoms with Crippen LogP contribution < -0.4 is 5.32 Å². The molecule has 1 aromatic heterocycles. The van der Waals surface area contributed by atoms with Gasteiger partial charge in [-0.1, -0.05) is 0 Å². The second-order valence-corrected chi connectivity index (χ2v) is 6.04. The number of nitrogens with zero attached hydrogens (tertiary/aromatic N) is 3. The highest BCUT2D eigenvalue weighted by Gasteiger charge is 2.27. The van der Waals surface area contributed by atoms with Gasteiger partial charge in [0, 0.05) is 30.5 Å². The molecule has 21 heavy (non-hydrogen) atoms. The van der Waals surface area contributed by atoms with E-state index in [-0.39, 0.29) is 25.0 Å². The minimum atomic E-state index is -0.915. The van der Waals surface area contributed by atoms with Gasteiger partial charge in [-0.05, 0) is 33.8 Å². The number of hydrogen-bond acceptors (Lipinski definition) is 3. The lowest BCUT2D eigenvalue weighted by Crippen LogP contribution is -2.53. The van der Waals surface area contributed by atoms with Crippen molar-refractivity contribution in [1.82, 2.24) is 20.0 Å². The molecule has 7 heteroatoms. The van der Waals surface area contributed by atoms with E-state index in [9.17, 15) is 9.59 Å². The lowest BCUT2D eigenvalue weighted by atomic mass is 10.1. The highest BCUT2D eigenvalue weighted by molar-refractivity contribution is 5.76. The number of carboxylic acid groups (broad SMARTS) is 1. The number of carboxylic acids is 1. The number of carbonyl (C=O) groups excluding carboxylic acids is 1. The molecule has 1 heterocycles. The fraction of sp³-hybridized carbons (Fsp3) is 0.643. The van der Waals surface area contributed by atoms with Gasteiger partial charge in [-0.15, -0.1) is 0 Å². The maximum atomic E-state index is 12.3.